The number of benzene rings is 1. The zero-order chi connectivity index (χ0) is 15.1. The van der Waals surface area contributed by atoms with Gasteiger partial charge in [0.25, 0.3) is 5.91 Å². The molecule has 0 saturated carbocycles. The third kappa shape index (κ3) is 4.83. The quantitative estimate of drug-likeness (QED) is 0.840. The number of carbonyl (C=O) groups is 1. The maximum atomic E-state index is 11.5. The van der Waals surface area contributed by atoms with Gasteiger partial charge >= 0.3 is 0 Å². The molecule has 1 aromatic rings. The molecule has 2 N–H and O–H groups in total. The Kier molecular flexibility index (Phi) is 6.21. The van der Waals surface area contributed by atoms with Crippen molar-refractivity contribution < 1.29 is 4.79 Å². The van der Waals surface area contributed by atoms with Crippen molar-refractivity contribution in [3.05, 3.63) is 35.4 Å². The SMILES string of the molecule is CNCCC1CCN(Cc2ccc(C(=O)NC)cc2)CC1. The highest BCUT2D eigenvalue weighted by Gasteiger charge is 2.18. The highest BCUT2D eigenvalue weighted by molar-refractivity contribution is 5.93. The second-order valence-corrected chi connectivity index (χ2v) is 5.89. The Hall–Kier alpha value is -1.39. The molecule has 1 aromatic carbocycles. The number of nitrogens with zero attached hydrogens (tertiary/aromatic N) is 1. The molecule has 4 heteroatoms. The molecule has 0 atom stereocenters. The van der Waals surface area contributed by atoms with E-state index in [4.69, 9.17) is 0 Å². The number of piperidine rings is 1. The average Bonchev–Trinajstić information content (AvgIpc) is 2.54. The van der Waals surface area contributed by atoms with Crippen molar-refractivity contribution in [2.45, 2.75) is 25.8 Å². The molecule has 116 valence electrons. The second kappa shape index (κ2) is 8.15. The first-order valence-electron chi connectivity index (χ1n) is 7.91. The summed E-state index contributed by atoms with van der Waals surface area (Å²) >= 11 is 0. The number of rotatable bonds is 6. The predicted molar refractivity (Wildman–Crippen MR) is 86.4 cm³/mol. The molecule has 0 unspecified atom stereocenters. The van der Waals surface area contributed by atoms with E-state index in [1.807, 2.05) is 19.2 Å². The minimum Gasteiger partial charge on any atom is -0.355 e. The van der Waals surface area contributed by atoms with E-state index in [0.717, 1.165) is 24.6 Å². The summed E-state index contributed by atoms with van der Waals surface area (Å²) in [6.07, 6.45) is 3.90. The Bertz CT molecular complexity index is 436. The predicted octanol–water partition coefficient (Wildman–Crippen LogP) is 1.87. The number of carbonyl (C=O) groups excluding carboxylic acids is 1. The van der Waals surface area contributed by atoms with Crippen molar-refractivity contribution in [3.8, 4) is 0 Å². The maximum absolute atomic E-state index is 11.5. The van der Waals surface area contributed by atoms with E-state index >= 15 is 0 Å². The average molecular weight is 289 g/mol. The standard InChI is InChI=1S/C17H27N3O/c1-18-10-7-14-8-11-20(12-9-14)13-15-3-5-16(6-4-15)17(21)19-2/h3-6,14,18H,7-13H2,1-2H3,(H,19,21). The van der Waals surface area contributed by atoms with Gasteiger partial charge in [0.1, 0.15) is 0 Å². The van der Waals surface area contributed by atoms with Gasteiger partial charge in [0, 0.05) is 19.2 Å². The van der Waals surface area contributed by atoms with Crippen LogP contribution in [0.1, 0.15) is 35.2 Å². The molecule has 0 bridgehead atoms. The topological polar surface area (TPSA) is 44.4 Å². The second-order valence-electron chi connectivity index (χ2n) is 5.89. The smallest absolute Gasteiger partial charge is 0.251 e. The normalized spacial score (nSPS) is 16.9. The number of amides is 1. The molecule has 0 spiro atoms. The Morgan fingerprint density at radius 1 is 1.19 bits per heavy atom. The fraction of sp³-hybridized carbons (Fsp3) is 0.588. The summed E-state index contributed by atoms with van der Waals surface area (Å²) in [5.41, 5.74) is 2.02. The van der Waals surface area contributed by atoms with Crippen molar-refractivity contribution in [1.82, 2.24) is 15.5 Å². The Morgan fingerprint density at radius 3 is 2.43 bits per heavy atom. The van der Waals surface area contributed by atoms with Gasteiger partial charge in [-0.15, -0.1) is 0 Å². The summed E-state index contributed by atoms with van der Waals surface area (Å²) < 4.78 is 0. The van der Waals surface area contributed by atoms with Gasteiger partial charge in [0.05, 0.1) is 0 Å². The fourth-order valence-electron chi connectivity index (χ4n) is 2.95. The largest absolute Gasteiger partial charge is 0.355 e. The van der Waals surface area contributed by atoms with Crippen LogP contribution in [0, 0.1) is 5.92 Å². The minimum absolute atomic E-state index is 0.0214. The summed E-state index contributed by atoms with van der Waals surface area (Å²) in [7, 11) is 3.69. The summed E-state index contributed by atoms with van der Waals surface area (Å²) in [6, 6.07) is 7.96. The zero-order valence-corrected chi connectivity index (χ0v) is 13.2. The molecule has 1 aliphatic heterocycles. The lowest BCUT2D eigenvalue weighted by Crippen LogP contribution is -2.34. The maximum Gasteiger partial charge on any atom is 0.251 e. The van der Waals surface area contributed by atoms with E-state index in [0.29, 0.717) is 0 Å². The van der Waals surface area contributed by atoms with E-state index in [2.05, 4.69) is 27.7 Å². The van der Waals surface area contributed by atoms with Crippen LogP contribution in [0.15, 0.2) is 24.3 Å². The molecule has 1 aliphatic rings. The first kappa shape index (κ1) is 16.0. The van der Waals surface area contributed by atoms with Crippen LogP contribution in [-0.2, 0) is 6.54 Å². The lowest BCUT2D eigenvalue weighted by atomic mass is 9.93. The van der Waals surface area contributed by atoms with Crippen LogP contribution in [0.4, 0.5) is 0 Å². The van der Waals surface area contributed by atoms with E-state index in [1.165, 1.54) is 37.9 Å². The third-order valence-corrected chi connectivity index (χ3v) is 4.36. The van der Waals surface area contributed by atoms with Crippen LogP contribution in [0.2, 0.25) is 0 Å². The number of hydrogen-bond donors (Lipinski definition) is 2. The van der Waals surface area contributed by atoms with Gasteiger partial charge in [-0.25, -0.2) is 0 Å². The summed E-state index contributed by atoms with van der Waals surface area (Å²) in [6.45, 7) is 4.50. The molecule has 2 rings (SSSR count). The van der Waals surface area contributed by atoms with Crippen molar-refractivity contribution in [2.24, 2.45) is 5.92 Å². The Morgan fingerprint density at radius 2 is 1.86 bits per heavy atom. The summed E-state index contributed by atoms with van der Waals surface area (Å²) in [4.78, 5) is 14.0. The van der Waals surface area contributed by atoms with E-state index in [9.17, 15) is 4.79 Å². The molecule has 0 aliphatic carbocycles. The molecule has 1 amide bonds. The number of likely N-dealkylation sites (tertiary alicyclic amines) is 1. The molecular weight excluding hydrogens is 262 g/mol. The fourth-order valence-corrected chi connectivity index (χ4v) is 2.95. The van der Waals surface area contributed by atoms with Gasteiger partial charge < -0.3 is 10.6 Å². The van der Waals surface area contributed by atoms with Crippen LogP contribution in [0.5, 0.6) is 0 Å². The lowest BCUT2D eigenvalue weighted by molar-refractivity contribution is 0.0963. The van der Waals surface area contributed by atoms with E-state index in [1.54, 1.807) is 7.05 Å². The molecule has 4 nitrogen and oxygen atoms in total. The Balaban J connectivity index is 1.79. The van der Waals surface area contributed by atoms with Gasteiger partial charge in [-0.1, -0.05) is 12.1 Å². The van der Waals surface area contributed by atoms with Crippen molar-refractivity contribution in [1.29, 1.82) is 0 Å². The molecule has 21 heavy (non-hydrogen) atoms. The van der Waals surface area contributed by atoms with Crippen LogP contribution >= 0.6 is 0 Å². The highest BCUT2D eigenvalue weighted by Crippen LogP contribution is 2.21. The minimum atomic E-state index is -0.0214. The third-order valence-electron chi connectivity index (χ3n) is 4.36. The monoisotopic (exact) mass is 289 g/mol. The highest BCUT2D eigenvalue weighted by atomic mass is 16.1. The molecular formula is C17H27N3O. The summed E-state index contributed by atoms with van der Waals surface area (Å²) in [5.74, 6) is 0.858. The molecule has 1 fully saturated rings. The van der Waals surface area contributed by atoms with Crippen LogP contribution < -0.4 is 10.6 Å². The number of hydrogen-bond acceptors (Lipinski definition) is 3. The lowest BCUT2D eigenvalue weighted by Gasteiger charge is -2.32. The van der Waals surface area contributed by atoms with Crippen molar-refractivity contribution >= 4 is 5.91 Å². The Labute approximate surface area is 127 Å². The van der Waals surface area contributed by atoms with Crippen LogP contribution in [-0.4, -0.2) is 44.5 Å². The van der Waals surface area contributed by atoms with Crippen LogP contribution in [0.3, 0.4) is 0 Å². The molecule has 0 radical (unpaired) electrons. The van der Waals surface area contributed by atoms with E-state index < -0.39 is 0 Å². The summed E-state index contributed by atoms with van der Waals surface area (Å²) in [5, 5.41) is 5.89. The van der Waals surface area contributed by atoms with Gasteiger partial charge in [0.15, 0.2) is 0 Å². The van der Waals surface area contributed by atoms with Crippen LogP contribution in [0.25, 0.3) is 0 Å². The van der Waals surface area contributed by atoms with Gasteiger partial charge in [-0.05, 0) is 69.6 Å². The number of nitrogens with one attached hydrogen (secondary N) is 2. The zero-order valence-electron chi connectivity index (χ0n) is 13.2. The van der Waals surface area contributed by atoms with Gasteiger partial charge in [-0.2, -0.15) is 0 Å². The molecule has 1 saturated heterocycles. The van der Waals surface area contributed by atoms with Gasteiger partial charge in [-0.3, -0.25) is 9.69 Å². The first-order chi connectivity index (χ1) is 10.2. The molecule has 1 heterocycles. The van der Waals surface area contributed by atoms with E-state index in [-0.39, 0.29) is 5.91 Å². The van der Waals surface area contributed by atoms with Crippen molar-refractivity contribution in [2.75, 3.05) is 33.7 Å². The van der Waals surface area contributed by atoms with Gasteiger partial charge in [0.2, 0.25) is 0 Å². The first-order valence-corrected chi connectivity index (χ1v) is 7.91. The molecule has 0 aromatic heterocycles. The van der Waals surface area contributed by atoms with Crippen molar-refractivity contribution in [3.63, 3.8) is 0 Å².